The fourth-order valence-electron chi connectivity index (χ4n) is 4.63. The van der Waals surface area contributed by atoms with Crippen LogP contribution in [-0.2, 0) is 16.4 Å². The van der Waals surface area contributed by atoms with E-state index in [0.29, 0.717) is 41.0 Å². The molecule has 210 valence electrons. The number of halogens is 3. The fraction of sp³-hybridized carbons (Fsp3) is 0.407. The molecule has 4 rings (SSSR count). The van der Waals surface area contributed by atoms with Crippen LogP contribution in [0.5, 0.6) is 5.75 Å². The largest absolute Gasteiger partial charge is 0.495 e. The third-order valence-electron chi connectivity index (χ3n) is 6.59. The van der Waals surface area contributed by atoms with Gasteiger partial charge in [0.2, 0.25) is 0 Å². The number of ether oxygens (including phenoxy) is 1. The van der Waals surface area contributed by atoms with Gasteiger partial charge in [0.05, 0.1) is 47.6 Å². The molecule has 1 aliphatic rings. The highest BCUT2D eigenvalue weighted by Crippen LogP contribution is 2.31. The van der Waals surface area contributed by atoms with Crippen LogP contribution in [0.1, 0.15) is 12.1 Å². The summed E-state index contributed by atoms with van der Waals surface area (Å²) in [5, 5.41) is 17.4. The minimum Gasteiger partial charge on any atom is -0.495 e. The SMILES string of the molecule is COc1cc(S(C)(=O)=O)ccc1NCC#Cc1cc2c(NC3CN(C)CCC3O)cccc2n1CC(F)(F)F. The monoisotopic (exact) mass is 564 g/mol. The van der Waals surface area contributed by atoms with E-state index in [1.54, 1.807) is 30.3 Å². The number of fused-ring (bicyclic) bond motifs is 1. The molecular formula is C27H31F3N4O4S. The second-order valence-electron chi connectivity index (χ2n) is 9.63. The average molecular weight is 565 g/mol. The number of methoxy groups -OCH3 is 1. The summed E-state index contributed by atoms with van der Waals surface area (Å²) < 4.78 is 70.5. The standard InChI is InChI=1S/C27H31F3N4O4S/c1-33-13-11-25(35)23(16-33)32-21-7-4-8-24-20(21)14-18(34(24)17-27(28,29)30)6-5-12-31-22-10-9-19(39(3,36)37)15-26(22)38-2/h4,7-10,14-15,23,25,31-32,35H,11-13,16-17H2,1-3H3. The van der Waals surface area contributed by atoms with Gasteiger partial charge in [0.1, 0.15) is 12.3 Å². The summed E-state index contributed by atoms with van der Waals surface area (Å²) in [6.07, 6.45) is -3.33. The highest BCUT2D eigenvalue weighted by Gasteiger charge is 2.30. The van der Waals surface area contributed by atoms with Crippen molar-refractivity contribution in [2.75, 3.05) is 50.7 Å². The summed E-state index contributed by atoms with van der Waals surface area (Å²) in [5.74, 6) is 6.00. The summed E-state index contributed by atoms with van der Waals surface area (Å²) in [6, 6.07) is 10.8. The molecule has 1 fully saturated rings. The predicted octanol–water partition coefficient (Wildman–Crippen LogP) is 3.56. The Hall–Kier alpha value is -3.40. The van der Waals surface area contributed by atoms with Crippen LogP contribution in [-0.4, -0.2) is 81.4 Å². The number of anilines is 2. The van der Waals surface area contributed by atoms with Crippen LogP contribution < -0.4 is 15.4 Å². The Morgan fingerprint density at radius 1 is 1.18 bits per heavy atom. The number of likely N-dealkylation sites (N-methyl/N-ethyl adjacent to an activating group) is 1. The number of nitrogens with one attached hydrogen (secondary N) is 2. The third-order valence-corrected chi connectivity index (χ3v) is 7.70. The molecule has 2 atom stereocenters. The first-order valence-corrected chi connectivity index (χ1v) is 14.2. The van der Waals surface area contributed by atoms with Gasteiger partial charge in [-0.15, -0.1) is 0 Å². The Balaban J connectivity index is 1.62. The van der Waals surface area contributed by atoms with Gasteiger partial charge in [0.15, 0.2) is 9.84 Å². The molecule has 0 radical (unpaired) electrons. The molecule has 2 unspecified atom stereocenters. The molecule has 3 aromatic rings. The van der Waals surface area contributed by atoms with Crippen LogP contribution in [0, 0.1) is 11.8 Å². The van der Waals surface area contributed by atoms with Gasteiger partial charge in [-0.05, 0) is 49.7 Å². The van der Waals surface area contributed by atoms with E-state index in [9.17, 15) is 26.7 Å². The van der Waals surface area contributed by atoms with E-state index in [4.69, 9.17) is 4.74 Å². The topological polar surface area (TPSA) is 95.8 Å². The number of alkyl halides is 3. The quantitative estimate of drug-likeness (QED) is 0.378. The summed E-state index contributed by atoms with van der Waals surface area (Å²) in [7, 11) is -0.0535. The molecule has 12 heteroatoms. The number of rotatable bonds is 7. The van der Waals surface area contributed by atoms with Gasteiger partial charge in [0.25, 0.3) is 0 Å². The molecule has 1 aliphatic heterocycles. The zero-order chi connectivity index (χ0) is 28.4. The van der Waals surface area contributed by atoms with Crippen molar-refractivity contribution in [2.45, 2.75) is 36.2 Å². The lowest BCUT2D eigenvalue weighted by molar-refractivity contribution is -0.140. The first-order chi connectivity index (χ1) is 18.4. The van der Waals surface area contributed by atoms with Crippen molar-refractivity contribution in [1.82, 2.24) is 9.47 Å². The molecule has 0 bridgehead atoms. The smallest absolute Gasteiger partial charge is 0.406 e. The maximum absolute atomic E-state index is 13.5. The lowest BCUT2D eigenvalue weighted by Crippen LogP contribution is -2.48. The summed E-state index contributed by atoms with van der Waals surface area (Å²) in [5.41, 5.74) is 1.70. The minimum absolute atomic E-state index is 0.0772. The highest BCUT2D eigenvalue weighted by molar-refractivity contribution is 7.90. The highest BCUT2D eigenvalue weighted by atomic mass is 32.2. The number of nitrogens with zero attached hydrogens (tertiary/aromatic N) is 2. The first kappa shape index (κ1) is 28.6. The van der Waals surface area contributed by atoms with Crippen molar-refractivity contribution < 1.29 is 31.4 Å². The van der Waals surface area contributed by atoms with E-state index in [1.807, 2.05) is 7.05 Å². The molecule has 2 heterocycles. The number of hydrogen-bond donors (Lipinski definition) is 3. The molecule has 8 nitrogen and oxygen atoms in total. The number of aliphatic hydroxyl groups is 1. The van der Waals surface area contributed by atoms with E-state index in [0.717, 1.165) is 17.4 Å². The summed E-state index contributed by atoms with van der Waals surface area (Å²) in [4.78, 5) is 2.19. The number of aromatic nitrogens is 1. The van der Waals surface area contributed by atoms with Crippen LogP contribution in [0.4, 0.5) is 24.5 Å². The summed E-state index contributed by atoms with van der Waals surface area (Å²) >= 11 is 0. The van der Waals surface area contributed by atoms with Crippen LogP contribution in [0.2, 0.25) is 0 Å². The van der Waals surface area contributed by atoms with E-state index < -0.39 is 28.7 Å². The molecule has 0 amide bonds. The molecule has 0 spiro atoms. The van der Waals surface area contributed by atoms with Crippen molar-refractivity contribution in [3.63, 3.8) is 0 Å². The van der Waals surface area contributed by atoms with Crippen LogP contribution in [0.25, 0.3) is 10.9 Å². The number of hydrogen-bond acceptors (Lipinski definition) is 7. The molecule has 1 aromatic heterocycles. The lowest BCUT2D eigenvalue weighted by Gasteiger charge is -2.35. The zero-order valence-electron chi connectivity index (χ0n) is 21.8. The second-order valence-corrected chi connectivity index (χ2v) is 11.6. The van der Waals surface area contributed by atoms with Gasteiger partial charge in [-0.2, -0.15) is 13.2 Å². The molecule has 0 aliphatic carbocycles. The summed E-state index contributed by atoms with van der Waals surface area (Å²) in [6.45, 7) is 0.252. The second kappa shape index (κ2) is 11.4. The number of piperidine rings is 1. The van der Waals surface area contributed by atoms with Gasteiger partial charge in [-0.25, -0.2) is 8.42 Å². The average Bonchev–Trinajstić information content (AvgIpc) is 3.20. The zero-order valence-corrected chi connectivity index (χ0v) is 22.7. The van der Waals surface area contributed by atoms with Crippen LogP contribution in [0.15, 0.2) is 47.4 Å². The van der Waals surface area contributed by atoms with Crippen molar-refractivity contribution in [1.29, 1.82) is 0 Å². The Kier molecular flexibility index (Phi) is 8.34. The van der Waals surface area contributed by atoms with Gasteiger partial charge < -0.3 is 29.9 Å². The Morgan fingerprint density at radius 2 is 1.95 bits per heavy atom. The number of likely N-dealkylation sites (tertiary alicyclic amines) is 1. The predicted molar refractivity (Wildman–Crippen MR) is 145 cm³/mol. The molecule has 3 N–H and O–H groups in total. The van der Waals surface area contributed by atoms with Crippen molar-refractivity contribution in [3.8, 4) is 17.6 Å². The normalized spacial score (nSPS) is 18.4. The fourth-order valence-corrected chi connectivity index (χ4v) is 5.27. The van der Waals surface area contributed by atoms with Crippen LogP contribution in [0.3, 0.4) is 0 Å². The third kappa shape index (κ3) is 6.98. The Labute approximate surface area is 225 Å². The van der Waals surface area contributed by atoms with E-state index in [1.165, 1.54) is 19.2 Å². The molecule has 1 saturated heterocycles. The van der Waals surface area contributed by atoms with Crippen molar-refractivity contribution >= 4 is 32.1 Å². The molecule has 0 saturated carbocycles. The van der Waals surface area contributed by atoms with Gasteiger partial charge in [-0.1, -0.05) is 12.0 Å². The van der Waals surface area contributed by atoms with Crippen molar-refractivity contribution in [3.05, 3.63) is 48.2 Å². The minimum atomic E-state index is -4.46. The number of aliphatic hydroxyl groups excluding tert-OH is 1. The maximum Gasteiger partial charge on any atom is 0.406 e. The number of benzene rings is 2. The van der Waals surface area contributed by atoms with Crippen molar-refractivity contribution in [2.24, 2.45) is 0 Å². The molecule has 2 aromatic carbocycles. The van der Waals surface area contributed by atoms with E-state index in [2.05, 4.69) is 27.4 Å². The Morgan fingerprint density at radius 3 is 2.64 bits per heavy atom. The van der Waals surface area contributed by atoms with Gasteiger partial charge in [-0.3, -0.25) is 0 Å². The van der Waals surface area contributed by atoms with Gasteiger partial charge >= 0.3 is 6.18 Å². The maximum atomic E-state index is 13.5. The van der Waals surface area contributed by atoms with Gasteiger partial charge in [0, 0.05) is 36.5 Å². The van der Waals surface area contributed by atoms with E-state index >= 15 is 0 Å². The lowest BCUT2D eigenvalue weighted by atomic mass is 10.0. The van der Waals surface area contributed by atoms with E-state index in [-0.39, 0.29) is 23.2 Å². The first-order valence-electron chi connectivity index (χ1n) is 12.3. The number of sulfone groups is 1. The van der Waals surface area contributed by atoms with Crippen LogP contribution >= 0.6 is 0 Å². The molecular weight excluding hydrogens is 533 g/mol. The molecule has 39 heavy (non-hydrogen) atoms. The Bertz CT molecular complexity index is 1510.